The minimum absolute atomic E-state index is 1.11. The number of benzene rings is 10. The molecule has 10 aromatic carbocycles. The predicted octanol–water partition coefficient (Wildman–Crippen LogP) is 16.3. The molecule has 0 saturated heterocycles. The normalized spacial score (nSPS) is 11.7. The molecule has 0 N–H and O–H groups in total. The van der Waals surface area contributed by atoms with Gasteiger partial charge in [-0.1, -0.05) is 140 Å². The first-order valence-corrected chi connectivity index (χ1v) is 21.0. The summed E-state index contributed by atoms with van der Waals surface area (Å²) in [6.45, 7) is 0. The highest BCUT2D eigenvalue weighted by atomic mass is 32.1. The minimum atomic E-state index is 1.11. The Morgan fingerprint density at radius 2 is 0.847 bits per heavy atom. The summed E-state index contributed by atoms with van der Waals surface area (Å²) in [5.74, 6) is 0. The van der Waals surface area contributed by atoms with Gasteiger partial charge in [0.1, 0.15) is 0 Å². The van der Waals surface area contributed by atoms with E-state index in [0.29, 0.717) is 0 Å². The minimum Gasteiger partial charge on any atom is -0.310 e. The van der Waals surface area contributed by atoms with E-state index >= 15 is 0 Å². The van der Waals surface area contributed by atoms with Gasteiger partial charge in [-0.25, -0.2) is 0 Å². The Bertz CT molecular complexity index is 3540. The molecule has 0 radical (unpaired) electrons. The Labute approximate surface area is 346 Å². The maximum absolute atomic E-state index is 2.39. The van der Waals surface area contributed by atoms with Crippen LogP contribution in [0, 0.1) is 0 Å². The van der Waals surface area contributed by atoms with Gasteiger partial charge in [0.2, 0.25) is 0 Å². The Hall–Kier alpha value is -7.46. The summed E-state index contributed by atoms with van der Waals surface area (Å²) in [5, 5.41) is 10.2. The van der Waals surface area contributed by atoms with E-state index in [-0.39, 0.29) is 0 Å². The fourth-order valence-corrected chi connectivity index (χ4v) is 10.2. The van der Waals surface area contributed by atoms with Crippen LogP contribution in [0.3, 0.4) is 0 Å². The smallest absolute Gasteiger partial charge is 0.0541 e. The number of nitrogens with zero attached hydrogens (tertiary/aromatic N) is 2. The lowest BCUT2D eigenvalue weighted by Gasteiger charge is -2.26. The zero-order valence-electron chi connectivity index (χ0n) is 32.1. The lowest BCUT2D eigenvalue weighted by atomic mass is 10.00. The number of hydrogen-bond donors (Lipinski definition) is 0. The highest BCUT2D eigenvalue weighted by Crippen LogP contribution is 2.41. The molecule has 12 aromatic rings. The molecule has 0 bridgehead atoms. The van der Waals surface area contributed by atoms with Crippen molar-refractivity contribution in [3.8, 4) is 27.9 Å². The van der Waals surface area contributed by atoms with Crippen molar-refractivity contribution in [2.45, 2.75) is 0 Å². The largest absolute Gasteiger partial charge is 0.310 e. The van der Waals surface area contributed by atoms with Crippen LogP contribution in [0.25, 0.3) is 91.5 Å². The van der Waals surface area contributed by atoms with Gasteiger partial charge < -0.3 is 9.47 Å². The van der Waals surface area contributed by atoms with Crippen molar-refractivity contribution in [1.82, 2.24) is 4.57 Å². The van der Waals surface area contributed by atoms with Crippen molar-refractivity contribution in [2.75, 3.05) is 4.90 Å². The van der Waals surface area contributed by atoms with Gasteiger partial charge in [0, 0.05) is 53.7 Å². The summed E-state index contributed by atoms with van der Waals surface area (Å²) in [6, 6.07) is 80.0. The van der Waals surface area contributed by atoms with Crippen molar-refractivity contribution < 1.29 is 0 Å². The molecule has 0 saturated carbocycles. The van der Waals surface area contributed by atoms with E-state index in [2.05, 4.69) is 228 Å². The molecule has 0 atom stereocenters. The second kappa shape index (κ2) is 13.6. The Kier molecular flexibility index (Phi) is 7.75. The van der Waals surface area contributed by atoms with Gasteiger partial charge in [0.05, 0.1) is 11.0 Å². The first-order valence-electron chi connectivity index (χ1n) is 20.2. The van der Waals surface area contributed by atoms with Gasteiger partial charge in [-0.3, -0.25) is 0 Å². The first kappa shape index (κ1) is 33.7. The molecule has 0 aliphatic heterocycles. The van der Waals surface area contributed by atoms with Crippen molar-refractivity contribution in [1.29, 1.82) is 0 Å². The zero-order chi connectivity index (χ0) is 38.9. The Balaban J connectivity index is 0.956. The van der Waals surface area contributed by atoms with Crippen LogP contribution >= 0.6 is 11.3 Å². The van der Waals surface area contributed by atoms with Crippen LogP contribution in [0.4, 0.5) is 17.1 Å². The highest BCUT2D eigenvalue weighted by molar-refractivity contribution is 7.25. The molecule has 2 heterocycles. The second-order valence-electron chi connectivity index (χ2n) is 15.4. The number of para-hydroxylation sites is 2. The topological polar surface area (TPSA) is 8.17 Å². The highest BCUT2D eigenvalue weighted by Gasteiger charge is 2.17. The van der Waals surface area contributed by atoms with E-state index < -0.39 is 0 Å². The van der Waals surface area contributed by atoms with Crippen molar-refractivity contribution in [2.24, 2.45) is 0 Å². The average Bonchev–Trinajstić information content (AvgIpc) is 3.85. The van der Waals surface area contributed by atoms with Crippen LogP contribution in [-0.4, -0.2) is 4.57 Å². The van der Waals surface area contributed by atoms with Crippen molar-refractivity contribution >= 4 is 91.9 Å². The van der Waals surface area contributed by atoms with Gasteiger partial charge in [-0.15, -0.1) is 11.3 Å². The number of hydrogen-bond acceptors (Lipinski definition) is 2. The lowest BCUT2D eigenvalue weighted by molar-refractivity contribution is 1.18. The summed E-state index contributed by atoms with van der Waals surface area (Å²) < 4.78 is 5.02. The molecular weight excluding hydrogens is 733 g/mol. The quantitative estimate of drug-likeness (QED) is 0.153. The average molecular weight is 769 g/mol. The molecular formula is C56H36N2S. The number of aromatic nitrogens is 1. The molecule has 0 amide bonds. The molecule has 0 aliphatic rings. The van der Waals surface area contributed by atoms with Crippen LogP contribution < -0.4 is 4.90 Å². The standard InChI is InChI=1S/C56H36N2S/c1-2-11-43(12-3-1)58-53-16-8-6-14-48(53)52-34-41(26-33-54(52)58)37-20-27-44(28-21-37)57(46-31-24-40-19-18-39-10-4-5-13-47(39)51(40)36-46)45-29-22-38(23-30-45)42-25-32-50-49-15-7-9-17-55(49)59-56(50)35-42/h1-36H. The van der Waals surface area contributed by atoms with E-state index in [1.165, 1.54) is 91.5 Å². The van der Waals surface area contributed by atoms with Gasteiger partial charge in [0.15, 0.2) is 0 Å². The maximum Gasteiger partial charge on any atom is 0.0541 e. The fourth-order valence-electron chi connectivity index (χ4n) is 9.10. The van der Waals surface area contributed by atoms with E-state index in [4.69, 9.17) is 0 Å². The monoisotopic (exact) mass is 768 g/mol. The van der Waals surface area contributed by atoms with Gasteiger partial charge in [0.25, 0.3) is 0 Å². The summed E-state index contributed by atoms with van der Waals surface area (Å²) in [5.41, 5.74) is 11.7. The maximum atomic E-state index is 2.39. The third-order valence-corrected chi connectivity index (χ3v) is 13.1. The SMILES string of the molecule is c1ccc(-n2c3ccccc3c3cc(-c4ccc(N(c5ccc(-c6ccc7c(c6)sc6ccccc67)cc5)c5ccc6ccc7ccccc7c6c5)cc4)ccc32)cc1. The number of rotatable bonds is 6. The van der Waals surface area contributed by atoms with Crippen molar-refractivity contribution in [3.05, 3.63) is 218 Å². The number of thiophene rings is 1. The number of anilines is 3. The van der Waals surface area contributed by atoms with Gasteiger partial charge in [-0.2, -0.15) is 0 Å². The second-order valence-corrected chi connectivity index (χ2v) is 16.4. The van der Waals surface area contributed by atoms with Crippen LogP contribution in [0.15, 0.2) is 218 Å². The summed E-state index contributed by atoms with van der Waals surface area (Å²) in [7, 11) is 0. The molecule has 0 aliphatic carbocycles. The molecule has 12 rings (SSSR count). The Morgan fingerprint density at radius 1 is 0.305 bits per heavy atom. The Morgan fingerprint density at radius 3 is 1.63 bits per heavy atom. The van der Waals surface area contributed by atoms with Crippen LogP contribution in [-0.2, 0) is 0 Å². The molecule has 0 unspecified atom stereocenters. The summed E-state index contributed by atoms with van der Waals surface area (Å²) >= 11 is 1.87. The molecule has 0 fully saturated rings. The molecule has 0 spiro atoms. The van der Waals surface area contributed by atoms with Crippen LogP contribution in [0.5, 0.6) is 0 Å². The summed E-state index contributed by atoms with van der Waals surface area (Å²) in [6.07, 6.45) is 0. The van der Waals surface area contributed by atoms with E-state index in [1.807, 2.05) is 11.3 Å². The molecule has 2 nitrogen and oxygen atoms in total. The predicted molar refractivity (Wildman–Crippen MR) is 254 cm³/mol. The van der Waals surface area contributed by atoms with Gasteiger partial charge >= 0.3 is 0 Å². The lowest BCUT2D eigenvalue weighted by Crippen LogP contribution is -2.09. The van der Waals surface area contributed by atoms with Crippen LogP contribution in [0.2, 0.25) is 0 Å². The van der Waals surface area contributed by atoms with E-state index in [9.17, 15) is 0 Å². The number of fused-ring (bicyclic) bond motifs is 9. The van der Waals surface area contributed by atoms with Crippen molar-refractivity contribution in [3.63, 3.8) is 0 Å². The first-order chi connectivity index (χ1) is 29.2. The van der Waals surface area contributed by atoms with E-state index in [0.717, 1.165) is 17.1 Å². The van der Waals surface area contributed by atoms with Crippen LogP contribution in [0.1, 0.15) is 0 Å². The van der Waals surface area contributed by atoms with E-state index in [1.54, 1.807) is 0 Å². The molecule has 3 heteroatoms. The molecule has 276 valence electrons. The third kappa shape index (κ3) is 5.62. The third-order valence-electron chi connectivity index (χ3n) is 12.0. The molecule has 2 aromatic heterocycles. The molecule has 59 heavy (non-hydrogen) atoms. The fraction of sp³-hybridized carbons (Fsp3) is 0. The summed E-state index contributed by atoms with van der Waals surface area (Å²) in [4.78, 5) is 2.39. The zero-order valence-corrected chi connectivity index (χ0v) is 32.9. The van der Waals surface area contributed by atoms with Gasteiger partial charge in [-0.05, 0) is 123 Å².